The normalized spacial score (nSPS) is 31.4. The number of rotatable bonds is 4. The summed E-state index contributed by atoms with van der Waals surface area (Å²) < 4.78 is 0. The second kappa shape index (κ2) is 7.24. The molecule has 2 heterocycles. The van der Waals surface area contributed by atoms with E-state index in [0.717, 1.165) is 12.0 Å². The molecule has 0 aliphatic carbocycles. The molecular formula is C17H35N3. The molecule has 0 aromatic carbocycles. The Kier molecular flexibility index (Phi) is 5.88. The molecular weight excluding hydrogens is 246 g/mol. The van der Waals surface area contributed by atoms with Gasteiger partial charge in [-0.25, -0.2) is 0 Å². The first kappa shape index (κ1) is 16.3. The van der Waals surface area contributed by atoms with Crippen LogP contribution in [0, 0.1) is 5.92 Å². The lowest BCUT2D eigenvalue weighted by atomic mass is 9.95. The van der Waals surface area contributed by atoms with Crippen LogP contribution < -0.4 is 0 Å². The van der Waals surface area contributed by atoms with E-state index in [0.29, 0.717) is 12.1 Å². The third-order valence-corrected chi connectivity index (χ3v) is 5.22. The van der Waals surface area contributed by atoms with Crippen molar-refractivity contribution in [2.45, 2.75) is 65.6 Å². The van der Waals surface area contributed by atoms with E-state index in [9.17, 15) is 0 Å². The van der Waals surface area contributed by atoms with Crippen molar-refractivity contribution in [1.82, 2.24) is 14.7 Å². The highest BCUT2D eigenvalue weighted by atomic mass is 15.3. The molecule has 0 radical (unpaired) electrons. The van der Waals surface area contributed by atoms with Gasteiger partial charge in [-0.1, -0.05) is 0 Å². The quantitative estimate of drug-likeness (QED) is 0.784. The van der Waals surface area contributed by atoms with Gasteiger partial charge in [0.05, 0.1) is 0 Å². The number of hydrogen-bond donors (Lipinski definition) is 0. The van der Waals surface area contributed by atoms with Crippen LogP contribution in [-0.4, -0.2) is 72.1 Å². The maximum absolute atomic E-state index is 2.72. The molecule has 0 aromatic rings. The van der Waals surface area contributed by atoms with Gasteiger partial charge in [-0.15, -0.1) is 0 Å². The lowest BCUT2D eigenvalue weighted by Crippen LogP contribution is -2.55. The first-order valence-corrected chi connectivity index (χ1v) is 8.69. The SMILES string of the molecule is CC(C)N1CCCC(CN2CCN(C(C)C)C(C)C2)C1. The average Bonchev–Trinajstić information content (AvgIpc) is 2.38. The predicted octanol–water partition coefficient (Wildman–Crippen LogP) is 2.52. The Morgan fingerprint density at radius 2 is 1.70 bits per heavy atom. The van der Waals surface area contributed by atoms with E-state index in [4.69, 9.17) is 0 Å². The molecule has 3 heteroatoms. The van der Waals surface area contributed by atoms with Crippen LogP contribution in [0.5, 0.6) is 0 Å². The Hall–Kier alpha value is -0.120. The van der Waals surface area contributed by atoms with Gasteiger partial charge in [0.25, 0.3) is 0 Å². The molecule has 2 atom stereocenters. The molecule has 2 fully saturated rings. The maximum Gasteiger partial charge on any atom is 0.0198 e. The van der Waals surface area contributed by atoms with Gasteiger partial charge in [0.2, 0.25) is 0 Å². The smallest absolute Gasteiger partial charge is 0.0198 e. The first-order valence-electron chi connectivity index (χ1n) is 8.69. The molecule has 0 saturated carbocycles. The van der Waals surface area contributed by atoms with Crippen molar-refractivity contribution >= 4 is 0 Å². The molecule has 2 saturated heterocycles. The Labute approximate surface area is 126 Å². The topological polar surface area (TPSA) is 9.72 Å². The molecule has 2 aliphatic rings. The maximum atomic E-state index is 2.72. The van der Waals surface area contributed by atoms with Gasteiger partial charge in [-0.3, -0.25) is 4.90 Å². The van der Waals surface area contributed by atoms with E-state index in [1.54, 1.807) is 0 Å². The summed E-state index contributed by atoms with van der Waals surface area (Å²) in [4.78, 5) is 8.04. The summed E-state index contributed by atoms with van der Waals surface area (Å²) in [6.07, 6.45) is 2.83. The Morgan fingerprint density at radius 3 is 2.30 bits per heavy atom. The fraction of sp³-hybridized carbons (Fsp3) is 1.00. The minimum Gasteiger partial charge on any atom is -0.301 e. The van der Waals surface area contributed by atoms with E-state index in [1.165, 1.54) is 52.1 Å². The molecule has 0 bridgehead atoms. The van der Waals surface area contributed by atoms with Crippen molar-refractivity contribution in [1.29, 1.82) is 0 Å². The zero-order valence-corrected chi connectivity index (χ0v) is 14.3. The molecule has 2 unspecified atom stereocenters. The third kappa shape index (κ3) is 4.19. The molecule has 3 nitrogen and oxygen atoms in total. The van der Waals surface area contributed by atoms with Crippen LogP contribution in [0.25, 0.3) is 0 Å². The van der Waals surface area contributed by atoms with Crippen molar-refractivity contribution in [3.05, 3.63) is 0 Å². The molecule has 0 aromatic heterocycles. The van der Waals surface area contributed by atoms with Gasteiger partial charge in [0, 0.05) is 50.8 Å². The molecule has 0 amide bonds. The number of nitrogens with zero attached hydrogens (tertiary/aromatic N) is 3. The number of piperazine rings is 1. The summed E-state index contributed by atoms with van der Waals surface area (Å²) >= 11 is 0. The third-order valence-electron chi connectivity index (χ3n) is 5.22. The lowest BCUT2D eigenvalue weighted by Gasteiger charge is -2.44. The summed E-state index contributed by atoms with van der Waals surface area (Å²) in [5.74, 6) is 0.893. The number of hydrogen-bond acceptors (Lipinski definition) is 3. The zero-order valence-electron chi connectivity index (χ0n) is 14.3. The molecule has 0 spiro atoms. The fourth-order valence-corrected chi connectivity index (χ4v) is 4.06. The predicted molar refractivity (Wildman–Crippen MR) is 87.2 cm³/mol. The summed E-state index contributed by atoms with van der Waals surface area (Å²) in [6.45, 7) is 19.4. The van der Waals surface area contributed by atoms with Crippen LogP contribution in [0.1, 0.15) is 47.5 Å². The lowest BCUT2D eigenvalue weighted by molar-refractivity contribution is 0.0384. The summed E-state index contributed by atoms with van der Waals surface area (Å²) in [6, 6.07) is 2.13. The fourth-order valence-electron chi connectivity index (χ4n) is 4.06. The van der Waals surface area contributed by atoms with Crippen molar-refractivity contribution in [2.24, 2.45) is 5.92 Å². The molecule has 118 valence electrons. The molecule has 20 heavy (non-hydrogen) atoms. The van der Waals surface area contributed by atoms with Gasteiger partial charge in [-0.2, -0.15) is 0 Å². The standard InChI is InChI=1S/C17H35N3/c1-14(2)19-8-6-7-17(13-19)12-18-9-10-20(15(3)4)16(5)11-18/h14-17H,6-13H2,1-5H3. The minimum atomic E-state index is 0.693. The van der Waals surface area contributed by atoms with Gasteiger partial charge >= 0.3 is 0 Å². The van der Waals surface area contributed by atoms with Crippen LogP contribution in [0.15, 0.2) is 0 Å². The van der Waals surface area contributed by atoms with Crippen molar-refractivity contribution in [2.75, 3.05) is 39.3 Å². The van der Waals surface area contributed by atoms with Gasteiger partial charge in [-0.05, 0) is 59.9 Å². The Bertz CT molecular complexity index is 290. The van der Waals surface area contributed by atoms with Crippen LogP contribution in [0.3, 0.4) is 0 Å². The molecule has 2 rings (SSSR count). The second-order valence-corrected chi connectivity index (χ2v) is 7.54. The summed E-state index contributed by atoms with van der Waals surface area (Å²) in [5.41, 5.74) is 0. The van der Waals surface area contributed by atoms with Crippen LogP contribution in [-0.2, 0) is 0 Å². The highest BCUT2D eigenvalue weighted by Gasteiger charge is 2.28. The van der Waals surface area contributed by atoms with E-state index < -0.39 is 0 Å². The summed E-state index contributed by atoms with van der Waals surface area (Å²) in [7, 11) is 0. The molecule has 2 aliphatic heterocycles. The monoisotopic (exact) mass is 281 g/mol. The van der Waals surface area contributed by atoms with Crippen molar-refractivity contribution < 1.29 is 0 Å². The summed E-state index contributed by atoms with van der Waals surface area (Å²) in [5, 5.41) is 0. The zero-order chi connectivity index (χ0) is 14.7. The minimum absolute atomic E-state index is 0.693. The van der Waals surface area contributed by atoms with E-state index in [1.807, 2.05) is 0 Å². The largest absolute Gasteiger partial charge is 0.301 e. The highest BCUT2D eigenvalue weighted by molar-refractivity contribution is 4.84. The number of likely N-dealkylation sites (tertiary alicyclic amines) is 1. The molecule has 0 N–H and O–H groups in total. The first-order chi connectivity index (χ1) is 9.47. The van der Waals surface area contributed by atoms with Crippen molar-refractivity contribution in [3.63, 3.8) is 0 Å². The van der Waals surface area contributed by atoms with Gasteiger partial charge < -0.3 is 9.80 Å². The van der Waals surface area contributed by atoms with E-state index in [2.05, 4.69) is 49.3 Å². The average molecular weight is 281 g/mol. The second-order valence-electron chi connectivity index (χ2n) is 7.54. The Balaban J connectivity index is 1.79. The van der Waals surface area contributed by atoms with E-state index >= 15 is 0 Å². The Morgan fingerprint density at radius 1 is 0.950 bits per heavy atom. The van der Waals surface area contributed by atoms with Crippen LogP contribution >= 0.6 is 0 Å². The van der Waals surface area contributed by atoms with E-state index in [-0.39, 0.29) is 0 Å². The van der Waals surface area contributed by atoms with Gasteiger partial charge in [0.1, 0.15) is 0 Å². The van der Waals surface area contributed by atoms with Gasteiger partial charge in [0.15, 0.2) is 0 Å². The van der Waals surface area contributed by atoms with Crippen molar-refractivity contribution in [3.8, 4) is 0 Å². The number of piperidine rings is 1. The van der Waals surface area contributed by atoms with Crippen LogP contribution in [0.2, 0.25) is 0 Å². The highest BCUT2D eigenvalue weighted by Crippen LogP contribution is 2.21. The van der Waals surface area contributed by atoms with Crippen LogP contribution in [0.4, 0.5) is 0 Å².